The van der Waals surface area contributed by atoms with Crippen molar-refractivity contribution in [1.82, 2.24) is 5.32 Å². The summed E-state index contributed by atoms with van der Waals surface area (Å²) < 4.78 is 24.7. The smallest absolute Gasteiger partial charge is 0.327 e. The molecule has 1 aromatic carbocycles. The van der Waals surface area contributed by atoms with Crippen molar-refractivity contribution in [2.75, 3.05) is 5.75 Å². The summed E-state index contributed by atoms with van der Waals surface area (Å²) in [7, 11) is -3.66. The summed E-state index contributed by atoms with van der Waals surface area (Å²) in [5.41, 5.74) is 0.548. The van der Waals surface area contributed by atoms with Crippen LogP contribution in [-0.2, 0) is 25.2 Å². The van der Waals surface area contributed by atoms with Crippen LogP contribution >= 0.6 is 15.9 Å². The summed E-state index contributed by atoms with van der Waals surface area (Å²) in [6, 6.07) is 5.29. The largest absolute Gasteiger partial charge is 0.480 e. The first-order valence-electron chi connectivity index (χ1n) is 5.64. The van der Waals surface area contributed by atoms with Crippen LogP contribution in [0.25, 0.3) is 0 Å². The predicted octanol–water partition coefficient (Wildman–Crippen LogP) is 0.953. The molecule has 1 amide bonds. The lowest BCUT2D eigenvalue weighted by molar-refractivity contribution is -0.140. The van der Waals surface area contributed by atoms with Crippen LogP contribution in [0.4, 0.5) is 0 Å². The molecule has 1 aromatic rings. The van der Waals surface area contributed by atoms with Crippen LogP contribution in [0, 0.1) is 0 Å². The second kappa shape index (κ2) is 6.85. The van der Waals surface area contributed by atoms with Crippen molar-refractivity contribution in [2.24, 2.45) is 0 Å². The third-order valence-corrected chi connectivity index (χ3v) is 4.48. The normalized spacial score (nSPS) is 12.7. The van der Waals surface area contributed by atoms with Crippen molar-refractivity contribution in [3.05, 3.63) is 34.3 Å². The van der Waals surface area contributed by atoms with E-state index in [0.717, 1.165) is 11.4 Å². The highest BCUT2D eigenvalue weighted by molar-refractivity contribution is 9.10. The van der Waals surface area contributed by atoms with Crippen molar-refractivity contribution >= 4 is 37.6 Å². The molecule has 110 valence electrons. The lowest BCUT2D eigenvalue weighted by Crippen LogP contribution is -2.44. The molecule has 0 aliphatic rings. The SMILES string of the molecule is CC(=O)N[C@@H](CS(=O)(=O)Cc1cccc(Br)c1)C(=O)O. The molecule has 0 unspecified atom stereocenters. The molecule has 1 rings (SSSR count). The van der Waals surface area contributed by atoms with Gasteiger partial charge in [0.1, 0.15) is 6.04 Å². The van der Waals surface area contributed by atoms with E-state index in [1.165, 1.54) is 0 Å². The molecule has 1 atom stereocenters. The van der Waals surface area contributed by atoms with Gasteiger partial charge in [-0.1, -0.05) is 28.1 Å². The highest BCUT2D eigenvalue weighted by atomic mass is 79.9. The van der Waals surface area contributed by atoms with Crippen LogP contribution in [-0.4, -0.2) is 37.2 Å². The highest BCUT2D eigenvalue weighted by Gasteiger charge is 2.26. The minimum Gasteiger partial charge on any atom is -0.480 e. The summed E-state index contributed by atoms with van der Waals surface area (Å²) >= 11 is 3.23. The quantitative estimate of drug-likeness (QED) is 0.783. The standard InChI is InChI=1S/C12H14BrNO5S/c1-8(15)14-11(12(16)17)7-20(18,19)6-9-3-2-4-10(13)5-9/h2-5,11H,6-7H2,1H3,(H,14,15)(H,16,17)/t11-/m0/s1. The monoisotopic (exact) mass is 363 g/mol. The van der Waals surface area contributed by atoms with Crippen molar-refractivity contribution in [2.45, 2.75) is 18.7 Å². The summed E-state index contributed by atoms with van der Waals surface area (Å²) in [4.78, 5) is 21.8. The van der Waals surface area contributed by atoms with Gasteiger partial charge in [-0.3, -0.25) is 4.79 Å². The number of carbonyl (C=O) groups is 2. The average Bonchev–Trinajstić information content (AvgIpc) is 2.26. The number of benzene rings is 1. The van der Waals surface area contributed by atoms with Crippen LogP contribution in [0.5, 0.6) is 0 Å². The number of carboxylic acid groups (broad SMARTS) is 1. The van der Waals surface area contributed by atoms with Gasteiger partial charge in [0, 0.05) is 11.4 Å². The zero-order valence-corrected chi connectivity index (χ0v) is 13.1. The Balaban J connectivity index is 2.82. The lowest BCUT2D eigenvalue weighted by atomic mass is 10.2. The molecule has 20 heavy (non-hydrogen) atoms. The minimum atomic E-state index is -3.66. The van der Waals surface area contributed by atoms with Crippen LogP contribution in [0.2, 0.25) is 0 Å². The number of halogens is 1. The molecule has 0 heterocycles. The van der Waals surface area contributed by atoms with Gasteiger partial charge in [0.15, 0.2) is 9.84 Å². The maximum atomic E-state index is 12.0. The first kappa shape index (κ1) is 16.6. The van der Waals surface area contributed by atoms with E-state index in [0.29, 0.717) is 5.56 Å². The van der Waals surface area contributed by atoms with Crippen molar-refractivity contribution in [3.63, 3.8) is 0 Å². The van der Waals surface area contributed by atoms with Gasteiger partial charge in [-0.2, -0.15) is 0 Å². The number of nitrogens with one attached hydrogen (secondary N) is 1. The molecule has 0 radical (unpaired) electrons. The molecular weight excluding hydrogens is 350 g/mol. The van der Waals surface area contributed by atoms with E-state index in [4.69, 9.17) is 5.11 Å². The summed E-state index contributed by atoms with van der Waals surface area (Å²) in [6.07, 6.45) is 0. The number of hydrogen-bond acceptors (Lipinski definition) is 4. The van der Waals surface area contributed by atoms with Crippen molar-refractivity contribution in [3.8, 4) is 0 Å². The third-order valence-electron chi connectivity index (χ3n) is 2.37. The zero-order valence-electron chi connectivity index (χ0n) is 10.7. The molecule has 0 aliphatic carbocycles. The molecule has 0 aromatic heterocycles. The highest BCUT2D eigenvalue weighted by Crippen LogP contribution is 2.14. The second-order valence-corrected chi connectivity index (χ2v) is 7.30. The Hall–Kier alpha value is -1.41. The first-order valence-corrected chi connectivity index (χ1v) is 8.26. The topological polar surface area (TPSA) is 101 Å². The average molecular weight is 364 g/mol. The Morgan fingerprint density at radius 3 is 2.55 bits per heavy atom. The van der Waals surface area contributed by atoms with Gasteiger partial charge in [0.25, 0.3) is 0 Å². The van der Waals surface area contributed by atoms with Gasteiger partial charge in [0.2, 0.25) is 5.91 Å². The Morgan fingerprint density at radius 1 is 1.40 bits per heavy atom. The molecule has 0 aliphatic heterocycles. The summed E-state index contributed by atoms with van der Waals surface area (Å²) in [5, 5.41) is 11.0. The van der Waals surface area contributed by atoms with Crippen LogP contribution < -0.4 is 5.32 Å². The number of carbonyl (C=O) groups excluding carboxylic acids is 1. The molecule has 0 fully saturated rings. The van der Waals surface area contributed by atoms with Gasteiger partial charge in [-0.05, 0) is 17.7 Å². The number of carboxylic acids is 1. The molecule has 0 saturated heterocycles. The molecule has 0 bridgehead atoms. The van der Waals surface area contributed by atoms with E-state index in [1.54, 1.807) is 24.3 Å². The first-order chi connectivity index (χ1) is 9.19. The summed E-state index contributed by atoms with van der Waals surface area (Å²) in [5.74, 6) is -2.89. The van der Waals surface area contributed by atoms with Gasteiger partial charge in [0.05, 0.1) is 11.5 Å². The third kappa shape index (κ3) is 5.70. The minimum absolute atomic E-state index is 0.282. The number of aliphatic carboxylic acids is 1. The van der Waals surface area contributed by atoms with Crippen LogP contribution in [0.3, 0.4) is 0 Å². The maximum absolute atomic E-state index is 12.0. The second-order valence-electron chi connectivity index (χ2n) is 4.28. The Morgan fingerprint density at radius 2 is 2.05 bits per heavy atom. The van der Waals surface area contributed by atoms with Gasteiger partial charge in [-0.25, -0.2) is 13.2 Å². The molecule has 0 saturated carbocycles. The fraction of sp³-hybridized carbons (Fsp3) is 0.333. The van der Waals surface area contributed by atoms with E-state index in [2.05, 4.69) is 21.2 Å². The number of hydrogen-bond donors (Lipinski definition) is 2. The van der Waals surface area contributed by atoms with Crippen molar-refractivity contribution < 1.29 is 23.1 Å². The zero-order chi connectivity index (χ0) is 15.3. The fourth-order valence-electron chi connectivity index (χ4n) is 1.61. The van der Waals surface area contributed by atoms with Gasteiger partial charge >= 0.3 is 5.97 Å². The van der Waals surface area contributed by atoms with Gasteiger partial charge < -0.3 is 10.4 Å². The Bertz CT molecular complexity index is 614. The van der Waals surface area contributed by atoms with Crippen molar-refractivity contribution in [1.29, 1.82) is 0 Å². The molecule has 2 N–H and O–H groups in total. The van der Waals surface area contributed by atoms with Crippen LogP contribution in [0.15, 0.2) is 28.7 Å². The van der Waals surface area contributed by atoms with E-state index >= 15 is 0 Å². The molecule has 8 heteroatoms. The molecule has 6 nitrogen and oxygen atoms in total. The molecule has 0 spiro atoms. The van der Waals surface area contributed by atoms with E-state index in [-0.39, 0.29) is 5.75 Å². The van der Waals surface area contributed by atoms with E-state index in [1.807, 2.05) is 0 Å². The van der Waals surface area contributed by atoms with Gasteiger partial charge in [-0.15, -0.1) is 0 Å². The number of sulfone groups is 1. The molecular formula is C12H14BrNO5S. The summed E-state index contributed by atoms with van der Waals surface area (Å²) in [6.45, 7) is 1.14. The number of amides is 1. The fourth-order valence-corrected chi connectivity index (χ4v) is 3.60. The van der Waals surface area contributed by atoms with E-state index in [9.17, 15) is 18.0 Å². The van der Waals surface area contributed by atoms with E-state index < -0.39 is 33.5 Å². The number of rotatable bonds is 6. The lowest BCUT2D eigenvalue weighted by Gasteiger charge is -2.13. The maximum Gasteiger partial charge on any atom is 0.327 e. The Kier molecular flexibility index (Phi) is 5.70. The predicted molar refractivity (Wildman–Crippen MR) is 76.9 cm³/mol. The van der Waals surface area contributed by atoms with Crippen LogP contribution in [0.1, 0.15) is 12.5 Å². The Labute approximate surface area is 125 Å².